The lowest BCUT2D eigenvalue weighted by Gasteiger charge is -2.13. The van der Waals surface area contributed by atoms with Gasteiger partial charge in [-0.25, -0.2) is 4.98 Å². The molecule has 0 spiro atoms. The number of aromatic nitrogens is 3. The van der Waals surface area contributed by atoms with Crippen LogP contribution in [-0.2, 0) is 0 Å². The standard InChI is InChI=1S/C19H18BrN4OP/c1-13-5-2-3-7-15(13)17-9-18(24-19(23-17)16(20)11-22-24)21-10-14-6-4-8-26(25)12-14/h2-9,11-12,21,25-26H,10H2,1H3. The Bertz CT molecular complexity index is 1080. The van der Waals surface area contributed by atoms with Gasteiger partial charge in [0, 0.05) is 25.9 Å². The van der Waals surface area contributed by atoms with Gasteiger partial charge < -0.3 is 10.2 Å². The number of anilines is 1. The number of halogens is 1. The van der Waals surface area contributed by atoms with E-state index in [1.807, 2.05) is 42.0 Å². The van der Waals surface area contributed by atoms with Gasteiger partial charge in [0.15, 0.2) is 5.65 Å². The molecule has 4 rings (SSSR count). The fourth-order valence-electron chi connectivity index (χ4n) is 2.92. The lowest BCUT2D eigenvalue weighted by molar-refractivity contribution is 0.650. The van der Waals surface area contributed by atoms with Gasteiger partial charge in [0.1, 0.15) is 5.82 Å². The van der Waals surface area contributed by atoms with E-state index in [4.69, 9.17) is 4.98 Å². The highest BCUT2D eigenvalue weighted by molar-refractivity contribution is 9.10. The number of benzene rings is 1. The van der Waals surface area contributed by atoms with Gasteiger partial charge in [-0.2, -0.15) is 9.61 Å². The van der Waals surface area contributed by atoms with Gasteiger partial charge >= 0.3 is 0 Å². The Morgan fingerprint density at radius 1 is 1.31 bits per heavy atom. The van der Waals surface area contributed by atoms with Gasteiger partial charge in [0.25, 0.3) is 0 Å². The summed E-state index contributed by atoms with van der Waals surface area (Å²) < 4.78 is 2.64. The smallest absolute Gasteiger partial charge is 0.172 e. The van der Waals surface area contributed by atoms with Crippen molar-refractivity contribution in [3.63, 3.8) is 0 Å². The molecule has 3 aromatic rings. The van der Waals surface area contributed by atoms with Crippen LogP contribution in [0.15, 0.2) is 64.5 Å². The highest BCUT2D eigenvalue weighted by Crippen LogP contribution is 2.28. The molecule has 1 unspecified atom stereocenters. The Balaban J connectivity index is 1.75. The molecule has 0 saturated carbocycles. The first-order chi connectivity index (χ1) is 12.6. The van der Waals surface area contributed by atoms with Crippen LogP contribution in [0.4, 0.5) is 5.82 Å². The maximum Gasteiger partial charge on any atom is 0.172 e. The molecule has 0 bridgehead atoms. The van der Waals surface area contributed by atoms with Crippen molar-refractivity contribution in [3.8, 4) is 11.3 Å². The predicted octanol–water partition coefficient (Wildman–Crippen LogP) is 4.26. The first-order valence-electron chi connectivity index (χ1n) is 8.24. The third-order valence-electron chi connectivity index (χ3n) is 4.23. The van der Waals surface area contributed by atoms with E-state index in [2.05, 4.69) is 45.4 Å². The van der Waals surface area contributed by atoms with Crippen LogP contribution in [0.3, 0.4) is 0 Å². The van der Waals surface area contributed by atoms with E-state index < -0.39 is 7.77 Å². The van der Waals surface area contributed by atoms with E-state index in [1.54, 1.807) is 10.7 Å². The Morgan fingerprint density at radius 3 is 2.96 bits per heavy atom. The molecule has 2 N–H and O–H groups in total. The summed E-state index contributed by atoms with van der Waals surface area (Å²) >= 11 is 3.53. The van der Waals surface area contributed by atoms with Crippen molar-refractivity contribution in [2.75, 3.05) is 11.9 Å². The fourth-order valence-corrected chi connectivity index (χ4v) is 4.24. The lowest BCUT2D eigenvalue weighted by atomic mass is 10.1. The zero-order valence-corrected chi connectivity index (χ0v) is 16.7. The molecule has 1 atom stereocenters. The van der Waals surface area contributed by atoms with Crippen molar-refractivity contribution in [2.45, 2.75) is 6.92 Å². The Hall–Kier alpha value is -2.14. The van der Waals surface area contributed by atoms with Crippen LogP contribution in [0, 0.1) is 6.92 Å². The molecule has 7 heteroatoms. The second-order valence-electron chi connectivity index (χ2n) is 6.09. The second-order valence-corrected chi connectivity index (χ2v) is 8.42. The van der Waals surface area contributed by atoms with E-state index in [0.717, 1.165) is 32.8 Å². The topological polar surface area (TPSA) is 62.5 Å². The fraction of sp³-hybridized carbons (Fsp3) is 0.105. The van der Waals surface area contributed by atoms with E-state index in [9.17, 15) is 4.89 Å². The predicted molar refractivity (Wildman–Crippen MR) is 113 cm³/mol. The van der Waals surface area contributed by atoms with Gasteiger partial charge in [-0.1, -0.05) is 36.4 Å². The number of hydrogen-bond acceptors (Lipinski definition) is 4. The number of nitrogens with one attached hydrogen (secondary N) is 1. The van der Waals surface area contributed by atoms with Crippen LogP contribution in [0.1, 0.15) is 5.56 Å². The summed E-state index contributed by atoms with van der Waals surface area (Å²) in [7, 11) is -1.49. The molecule has 5 nitrogen and oxygen atoms in total. The van der Waals surface area contributed by atoms with Crippen molar-refractivity contribution in [3.05, 3.63) is 70.1 Å². The second kappa shape index (κ2) is 7.23. The molecule has 0 amide bonds. The minimum atomic E-state index is -1.49. The summed E-state index contributed by atoms with van der Waals surface area (Å²) in [6.45, 7) is 2.70. The Labute approximate surface area is 160 Å². The molecular formula is C19H18BrN4OP. The summed E-state index contributed by atoms with van der Waals surface area (Å²) in [5.41, 5.74) is 5.00. The molecule has 0 saturated heterocycles. The molecular weight excluding hydrogens is 411 g/mol. The average molecular weight is 429 g/mol. The van der Waals surface area contributed by atoms with Crippen molar-refractivity contribution in [1.82, 2.24) is 14.6 Å². The molecule has 26 heavy (non-hydrogen) atoms. The minimum absolute atomic E-state index is 0.614. The molecule has 0 aliphatic carbocycles. The van der Waals surface area contributed by atoms with Gasteiger partial charge in [0.2, 0.25) is 0 Å². The largest absolute Gasteiger partial charge is 0.375 e. The number of hydrogen-bond donors (Lipinski definition) is 2. The van der Waals surface area contributed by atoms with Gasteiger partial charge in [0.05, 0.1) is 16.4 Å². The third kappa shape index (κ3) is 3.40. The van der Waals surface area contributed by atoms with Gasteiger partial charge in [-0.05, 0) is 45.6 Å². The summed E-state index contributed by atoms with van der Waals surface area (Å²) in [5, 5.41) is 7.84. The van der Waals surface area contributed by atoms with Crippen LogP contribution in [0.5, 0.6) is 0 Å². The molecule has 1 aliphatic rings. The molecule has 1 aliphatic heterocycles. The Kier molecular flexibility index (Phi) is 4.81. The highest BCUT2D eigenvalue weighted by atomic mass is 79.9. The summed E-state index contributed by atoms with van der Waals surface area (Å²) in [4.78, 5) is 14.6. The maximum atomic E-state index is 9.83. The Morgan fingerprint density at radius 2 is 2.15 bits per heavy atom. The van der Waals surface area contributed by atoms with Crippen molar-refractivity contribution < 1.29 is 4.89 Å². The number of rotatable bonds is 4. The van der Waals surface area contributed by atoms with Crippen LogP contribution < -0.4 is 5.32 Å². The van der Waals surface area contributed by atoms with E-state index in [1.165, 1.54) is 5.56 Å². The maximum absolute atomic E-state index is 9.83. The summed E-state index contributed by atoms with van der Waals surface area (Å²) in [6, 6.07) is 10.2. The molecule has 132 valence electrons. The summed E-state index contributed by atoms with van der Waals surface area (Å²) in [5.74, 6) is 4.63. The molecule has 0 fully saturated rings. The molecule has 1 aromatic carbocycles. The van der Waals surface area contributed by atoms with Crippen LogP contribution in [-0.4, -0.2) is 31.8 Å². The number of aryl methyl sites for hydroxylation is 1. The van der Waals surface area contributed by atoms with Crippen molar-refractivity contribution in [1.29, 1.82) is 0 Å². The van der Waals surface area contributed by atoms with Crippen LogP contribution in [0.2, 0.25) is 0 Å². The zero-order chi connectivity index (χ0) is 18.1. The lowest BCUT2D eigenvalue weighted by Crippen LogP contribution is -2.09. The summed E-state index contributed by atoms with van der Waals surface area (Å²) in [6.07, 6.45) is 5.67. The molecule has 2 aromatic heterocycles. The molecule has 3 heterocycles. The zero-order valence-electron chi connectivity index (χ0n) is 14.1. The van der Waals surface area contributed by atoms with Gasteiger partial charge in [-0.3, -0.25) is 0 Å². The first kappa shape index (κ1) is 17.3. The average Bonchev–Trinajstić information content (AvgIpc) is 3.01. The quantitative estimate of drug-likeness (QED) is 0.609. The monoisotopic (exact) mass is 428 g/mol. The van der Waals surface area contributed by atoms with Gasteiger partial charge in [-0.15, -0.1) is 0 Å². The molecule has 0 radical (unpaired) electrons. The van der Waals surface area contributed by atoms with E-state index >= 15 is 0 Å². The van der Waals surface area contributed by atoms with Crippen molar-refractivity contribution in [2.24, 2.45) is 0 Å². The first-order valence-corrected chi connectivity index (χ1v) is 10.6. The number of allylic oxidation sites excluding steroid dienone is 1. The normalized spacial score (nSPS) is 16.4. The highest BCUT2D eigenvalue weighted by Gasteiger charge is 2.12. The van der Waals surface area contributed by atoms with E-state index in [0.29, 0.717) is 6.54 Å². The van der Waals surface area contributed by atoms with E-state index in [-0.39, 0.29) is 0 Å². The number of fused-ring (bicyclic) bond motifs is 1. The van der Waals surface area contributed by atoms with Crippen molar-refractivity contribution >= 4 is 41.0 Å². The number of nitrogens with zero attached hydrogens (tertiary/aromatic N) is 3. The third-order valence-corrected chi connectivity index (χ3v) is 5.99. The minimum Gasteiger partial charge on any atom is -0.375 e. The SMILES string of the molecule is Cc1ccccc1-c1cc(NCC2=C[PH](O)=CC=C2)n2ncc(Br)c2n1. The van der Waals surface area contributed by atoms with Crippen LogP contribution >= 0.6 is 23.7 Å². The van der Waals surface area contributed by atoms with Crippen LogP contribution in [0.25, 0.3) is 16.9 Å².